The van der Waals surface area contributed by atoms with Gasteiger partial charge in [0.15, 0.2) is 11.4 Å². The summed E-state index contributed by atoms with van der Waals surface area (Å²) < 4.78 is 10.7. The molecule has 2 aromatic rings. The third-order valence-electron chi connectivity index (χ3n) is 4.09. The largest absolute Gasteiger partial charge is 0.476 e. The second-order valence-electron chi connectivity index (χ2n) is 6.65. The third kappa shape index (κ3) is 5.81. The molecule has 0 saturated heterocycles. The lowest BCUT2D eigenvalue weighted by Gasteiger charge is -2.24. The van der Waals surface area contributed by atoms with Crippen LogP contribution in [0, 0.1) is 0 Å². The van der Waals surface area contributed by atoms with Gasteiger partial charge in [0.1, 0.15) is 5.75 Å². The molecule has 0 N–H and O–H groups in total. The van der Waals surface area contributed by atoms with Crippen molar-refractivity contribution in [1.29, 1.82) is 0 Å². The van der Waals surface area contributed by atoms with Gasteiger partial charge in [-0.3, -0.25) is 4.79 Å². The van der Waals surface area contributed by atoms with Gasteiger partial charge in [-0.15, -0.1) is 0 Å². The number of carbonyl (C=O) groups excluding carboxylic acids is 2. The van der Waals surface area contributed by atoms with Crippen LogP contribution in [-0.2, 0) is 16.0 Å². The maximum Gasteiger partial charge on any atom is 0.349 e. The van der Waals surface area contributed by atoms with Crippen LogP contribution in [0.15, 0.2) is 54.6 Å². The standard InChI is InChI=1S/C23H26O4/c1-5-17-7-12-19(13-8-17)21(24)16-11-18-9-14-20(15-10-18)27-23(3,4)22(25)26-6-2/h7-16H,5-6H2,1-4H3. The molecule has 0 saturated carbocycles. The fraction of sp³-hybridized carbons (Fsp3) is 0.304. The highest BCUT2D eigenvalue weighted by Crippen LogP contribution is 2.21. The Labute approximate surface area is 160 Å². The number of benzene rings is 2. The van der Waals surface area contributed by atoms with Crippen LogP contribution < -0.4 is 4.74 Å². The van der Waals surface area contributed by atoms with Crippen molar-refractivity contribution in [3.63, 3.8) is 0 Å². The average molecular weight is 366 g/mol. The summed E-state index contributed by atoms with van der Waals surface area (Å²) in [6.45, 7) is 7.49. The van der Waals surface area contributed by atoms with Crippen molar-refractivity contribution in [2.45, 2.75) is 39.7 Å². The summed E-state index contributed by atoms with van der Waals surface area (Å²) in [5.74, 6) is 0.113. The number of hydrogen-bond donors (Lipinski definition) is 0. The summed E-state index contributed by atoms with van der Waals surface area (Å²) in [7, 11) is 0. The monoisotopic (exact) mass is 366 g/mol. The molecule has 4 heteroatoms. The summed E-state index contributed by atoms with van der Waals surface area (Å²) in [5.41, 5.74) is 1.68. The highest BCUT2D eigenvalue weighted by molar-refractivity contribution is 6.06. The Morgan fingerprint density at radius 3 is 2.15 bits per heavy atom. The van der Waals surface area contributed by atoms with Crippen molar-refractivity contribution in [3.8, 4) is 5.75 Å². The Morgan fingerprint density at radius 1 is 0.963 bits per heavy atom. The van der Waals surface area contributed by atoms with Crippen LogP contribution >= 0.6 is 0 Å². The first-order chi connectivity index (χ1) is 12.9. The summed E-state index contributed by atoms with van der Waals surface area (Å²) in [5, 5.41) is 0. The predicted octanol–water partition coefficient (Wildman–Crippen LogP) is 4.87. The minimum atomic E-state index is -1.06. The molecule has 0 unspecified atom stereocenters. The molecule has 4 nitrogen and oxygen atoms in total. The predicted molar refractivity (Wildman–Crippen MR) is 107 cm³/mol. The zero-order chi connectivity index (χ0) is 19.9. The summed E-state index contributed by atoms with van der Waals surface area (Å²) >= 11 is 0. The lowest BCUT2D eigenvalue weighted by Crippen LogP contribution is -2.39. The van der Waals surface area contributed by atoms with Crippen molar-refractivity contribution in [1.82, 2.24) is 0 Å². The second kappa shape index (κ2) is 9.17. The molecule has 0 aliphatic carbocycles. The highest BCUT2D eigenvalue weighted by Gasteiger charge is 2.31. The van der Waals surface area contributed by atoms with E-state index in [0.717, 1.165) is 12.0 Å². The first kappa shape index (κ1) is 20.4. The van der Waals surface area contributed by atoms with Crippen molar-refractivity contribution in [3.05, 3.63) is 71.3 Å². The lowest BCUT2D eigenvalue weighted by atomic mass is 10.1. The van der Waals surface area contributed by atoms with Crippen molar-refractivity contribution in [2.75, 3.05) is 6.61 Å². The van der Waals surface area contributed by atoms with E-state index >= 15 is 0 Å². The Kier molecular flexibility index (Phi) is 6.94. The van der Waals surface area contributed by atoms with E-state index in [0.29, 0.717) is 17.9 Å². The molecule has 2 aromatic carbocycles. The molecule has 0 aromatic heterocycles. The van der Waals surface area contributed by atoms with Gasteiger partial charge in [0.2, 0.25) is 0 Å². The fourth-order valence-electron chi connectivity index (χ4n) is 2.46. The topological polar surface area (TPSA) is 52.6 Å². The van der Waals surface area contributed by atoms with E-state index in [1.165, 1.54) is 5.56 Å². The number of ketones is 1. The first-order valence-electron chi connectivity index (χ1n) is 9.13. The van der Waals surface area contributed by atoms with E-state index in [4.69, 9.17) is 9.47 Å². The number of esters is 1. The van der Waals surface area contributed by atoms with Gasteiger partial charge in [-0.25, -0.2) is 4.79 Å². The minimum absolute atomic E-state index is 0.0403. The van der Waals surface area contributed by atoms with Crippen molar-refractivity contribution in [2.24, 2.45) is 0 Å². The van der Waals surface area contributed by atoms with Crippen LogP contribution in [0.4, 0.5) is 0 Å². The van der Waals surface area contributed by atoms with Crippen molar-refractivity contribution < 1.29 is 19.1 Å². The van der Waals surface area contributed by atoms with Crippen molar-refractivity contribution >= 4 is 17.8 Å². The number of rotatable bonds is 8. The molecular formula is C23H26O4. The molecule has 0 radical (unpaired) electrons. The molecule has 0 heterocycles. The maximum absolute atomic E-state index is 12.2. The molecule has 0 aliphatic rings. The fourth-order valence-corrected chi connectivity index (χ4v) is 2.46. The lowest BCUT2D eigenvalue weighted by molar-refractivity contribution is -0.158. The van der Waals surface area contributed by atoms with Gasteiger partial charge in [0.05, 0.1) is 6.61 Å². The minimum Gasteiger partial charge on any atom is -0.476 e. The molecule has 0 amide bonds. The number of aryl methyl sites for hydroxylation is 1. The SMILES string of the molecule is CCOC(=O)C(C)(C)Oc1ccc(C=CC(=O)c2ccc(CC)cc2)cc1. The van der Waals surface area contributed by atoms with Crippen LogP contribution in [0.25, 0.3) is 6.08 Å². The van der Waals surface area contributed by atoms with Gasteiger partial charge in [-0.2, -0.15) is 0 Å². The van der Waals surface area contributed by atoms with Gasteiger partial charge in [-0.05, 0) is 56.5 Å². The van der Waals surface area contributed by atoms with E-state index in [2.05, 4.69) is 6.92 Å². The van der Waals surface area contributed by atoms with Gasteiger partial charge in [0, 0.05) is 5.56 Å². The quantitative estimate of drug-likeness (QED) is 0.380. The van der Waals surface area contributed by atoms with Gasteiger partial charge < -0.3 is 9.47 Å². The molecule has 0 aliphatic heterocycles. The summed E-state index contributed by atoms with van der Waals surface area (Å²) in [6, 6.07) is 14.8. The van der Waals surface area contributed by atoms with E-state index in [9.17, 15) is 9.59 Å². The van der Waals surface area contributed by atoms with Gasteiger partial charge in [-0.1, -0.05) is 49.4 Å². The summed E-state index contributed by atoms with van der Waals surface area (Å²) in [6.07, 6.45) is 4.27. The highest BCUT2D eigenvalue weighted by atomic mass is 16.6. The Hall–Kier alpha value is -2.88. The van der Waals surface area contributed by atoms with Crippen LogP contribution in [0.3, 0.4) is 0 Å². The zero-order valence-corrected chi connectivity index (χ0v) is 16.3. The second-order valence-corrected chi connectivity index (χ2v) is 6.65. The number of hydrogen-bond acceptors (Lipinski definition) is 4. The normalized spacial score (nSPS) is 11.4. The average Bonchev–Trinajstić information content (AvgIpc) is 2.67. The summed E-state index contributed by atoms with van der Waals surface area (Å²) in [4.78, 5) is 24.1. The molecule has 0 spiro atoms. The number of allylic oxidation sites excluding steroid dienone is 1. The van der Waals surface area contributed by atoms with Crippen LogP contribution in [-0.4, -0.2) is 24.0 Å². The molecule has 0 bridgehead atoms. The first-order valence-corrected chi connectivity index (χ1v) is 9.13. The van der Waals surface area contributed by atoms with Gasteiger partial charge in [0.25, 0.3) is 0 Å². The van der Waals surface area contributed by atoms with E-state index in [1.807, 2.05) is 36.4 Å². The molecule has 0 fully saturated rings. The number of carbonyl (C=O) groups is 2. The van der Waals surface area contributed by atoms with Crippen LogP contribution in [0.1, 0.15) is 49.2 Å². The smallest absolute Gasteiger partial charge is 0.349 e. The molecule has 0 atom stereocenters. The zero-order valence-electron chi connectivity index (χ0n) is 16.3. The molecule has 27 heavy (non-hydrogen) atoms. The number of ether oxygens (including phenoxy) is 2. The molecule has 2 rings (SSSR count). The molecular weight excluding hydrogens is 340 g/mol. The Morgan fingerprint density at radius 2 is 1.59 bits per heavy atom. The van der Waals surface area contributed by atoms with E-state index in [-0.39, 0.29) is 5.78 Å². The molecule has 142 valence electrons. The third-order valence-corrected chi connectivity index (χ3v) is 4.09. The van der Waals surface area contributed by atoms with E-state index in [1.54, 1.807) is 45.1 Å². The van der Waals surface area contributed by atoms with Gasteiger partial charge >= 0.3 is 5.97 Å². The maximum atomic E-state index is 12.2. The van der Waals surface area contributed by atoms with E-state index < -0.39 is 11.6 Å². The Bertz CT molecular complexity index is 799. The Balaban J connectivity index is 2.01. The van der Waals surface area contributed by atoms with Crippen LogP contribution in [0.2, 0.25) is 0 Å². The van der Waals surface area contributed by atoms with Crippen LogP contribution in [0.5, 0.6) is 5.75 Å².